The van der Waals surface area contributed by atoms with Gasteiger partial charge in [0.25, 0.3) is 0 Å². The third kappa shape index (κ3) is 7.22. The summed E-state index contributed by atoms with van der Waals surface area (Å²) in [5.41, 5.74) is 2.49. The first-order valence-electron chi connectivity index (χ1n) is 12.6. The smallest absolute Gasteiger partial charge is 0.410 e. The molecule has 0 aliphatic carbocycles. The zero-order valence-electron chi connectivity index (χ0n) is 20.4. The maximum Gasteiger partial charge on any atom is 0.410 e. The van der Waals surface area contributed by atoms with Crippen molar-refractivity contribution in [3.8, 4) is 5.75 Å². The van der Waals surface area contributed by atoms with Gasteiger partial charge in [0.05, 0.1) is 12.7 Å². The zero-order valence-corrected chi connectivity index (χ0v) is 22.0. The highest BCUT2D eigenvalue weighted by Crippen LogP contribution is 2.29. The molecule has 2 aromatic carbocycles. The molecular weight excluding hydrogens is 492 g/mol. The second-order valence-electron chi connectivity index (χ2n) is 10.0. The minimum Gasteiger partial charge on any atom is -0.491 e. The van der Waals surface area contributed by atoms with Crippen molar-refractivity contribution in [1.29, 1.82) is 0 Å². The average molecular weight is 530 g/mol. The van der Waals surface area contributed by atoms with E-state index < -0.39 is 0 Å². The number of carbonyl (C=O) groups is 1. The molecule has 4 rings (SSSR count). The van der Waals surface area contributed by atoms with Gasteiger partial charge in [0.15, 0.2) is 0 Å². The number of benzene rings is 2. The van der Waals surface area contributed by atoms with E-state index in [4.69, 9.17) is 9.47 Å². The molecule has 6 heteroatoms. The number of ether oxygens (including phenoxy) is 2. The second kappa shape index (κ2) is 12.1. The van der Waals surface area contributed by atoms with Crippen LogP contribution in [0.4, 0.5) is 4.79 Å². The molecule has 1 amide bonds. The van der Waals surface area contributed by atoms with Gasteiger partial charge >= 0.3 is 6.09 Å². The van der Waals surface area contributed by atoms with Gasteiger partial charge in [0, 0.05) is 23.5 Å². The molecule has 0 saturated carbocycles. The van der Waals surface area contributed by atoms with E-state index in [1.165, 1.54) is 22.9 Å². The van der Waals surface area contributed by atoms with Gasteiger partial charge in [-0.1, -0.05) is 46.3 Å². The summed E-state index contributed by atoms with van der Waals surface area (Å²) in [6, 6.07) is 16.5. The molecule has 5 nitrogen and oxygen atoms in total. The first-order valence-corrected chi connectivity index (χ1v) is 13.4. The van der Waals surface area contributed by atoms with Crippen molar-refractivity contribution < 1.29 is 14.3 Å². The van der Waals surface area contributed by atoms with Crippen molar-refractivity contribution in [1.82, 2.24) is 9.80 Å². The average Bonchev–Trinajstić information content (AvgIpc) is 2.83. The molecule has 0 spiro atoms. The lowest BCUT2D eigenvalue weighted by atomic mass is 9.90. The summed E-state index contributed by atoms with van der Waals surface area (Å²) < 4.78 is 12.6. The number of piperidine rings is 1. The van der Waals surface area contributed by atoms with Crippen LogP contribution in [-0.4, -0.2) is 54.8 Å². The van der Waals surface area contributed by atoms with Crippen molar-refractivity contribution in [3.63, 3.8) is 0 Å². The summed E-state index contributed by atoms with van der Waals surface area (Å²) in [6.45, 7) is 9.45. The molecule has 1 atom stereocenters. The van der Waals surface area contributed by atoms with Gasteiger partial charge in [-0.15, -0.1) is 0 Å². The number of likely N-dealkylation sites (tertiary alicyclic amines) is 1. The molecule has 2 fully saturated rings. The van der Waals surface area contributed by atoms with Gasteiger partial charge < -0.3 is 19.3 Å². The summed E-state index contributed by atoms with van der Waals surface area (Å²) in [4.78, 5) is 16.7. The van der Waals surface area contributed by atoms with Gasteiger partial charge in [-0.25, -0.2) is 4.79 Å². The fraction of sp³-hybridized carbons (Fsp3) is 0.536. The van der Waals surface area contributed by atoms with Crippen LogP contribution in [-0.2, 0) is 17.7 Å². The summed E-state index contributed by atoms with van der Waals surface area (Å²) in [6.07, 6.45) is 4.62. The van der Waals surface area contributed by atoms with Crippen molar-refractivity contribution in [2.24, 2.45) is 11.8 Å². The number of cyclic esters (lactones) is 1. The lowest BCUT2D eigenvalue weighted by Gasteiger charge is -2.35. The molecule has 184 valence electrons. The molecule has 0 radical (unpaired) electrons. The number of rotatable bonds is 9. The number of amides is 1. The minimum atomic E-state index is -0.185. The summed E-state index contributed by atoms with van der Waals surface area (Å²) in [5, 5.41) is 0. The van der Waals surface area contributed by atoms with Crippen LogP contribution in [0.25, 0.3) is 0 Å². The van der Waals surface area contributed by atoms with Crippen molar-refractivity contribution in [2.75, 3.05) is 32.8 Å². The topological polar surface area (TPSA) is 42.0 Å². The summed E-state index contributed by atoms with van der Waals surface area (Å²) in [5.74, 6) is 2.07. The first-order chi connectivity index (χ1) is 16.5. The number of carbonyl (C=O) groups excluding carboxylic acids is 1. The third-order valence-electron chi connectivity index (χ3n) is 6.85. The highest BCUT2D eigenvalue weighted by Gasteiger charge is 2.28. The van der Waals surface area contributed by atoms with Crippen LogP contribution in [0.15, 0.2) is 53.0 Å². The number of halogens is 1. The summed E-state index contributed by atoms with van der Waals surface area (Å²) in [7, 11) is 0. The molecule has 2 heterocycles. The Kier molecular flexibility index (Phi) is 8.90. The molecule has 2 aromatic rings. The highest BCUT2D eigenvalue weighted by molar-refractivity contribution is 9.10. The van der Waals surface area contributed by atoms with Gasteiger partial charge in [-0.3, -0.25) is 0 Å². The van der Waals surface area contributed by atoms with Crippen LogP contribution < -0.4 is 4.74 Å². The molecule has 1 unspecified atom stereocenters. The number of hydrogen-bond acceptors (Lipinski definition) is 4. The van der Waals surface area contributed by atoms with E-state index in [1.54, 1.807) is 0 Å². The lowest BCUT2D eigenvalue weighted by Crippen LogP contribution is -2.44. The van der Waals surface area contributed by atoms with Crippen LogP contribution in [0.5, 0.6) is 5.75 Å². The predicted molar refractivity (Wildman–Crippen MR) is 139 cm³/mol. The Hall–Kier alpha value is -2.05. The largest absolute Gasteiger partial charge is 0.491 e. The maximum atomic E-state index is 12.2. The normalized spacial score (nSPS) is 19.9. The van der Waals surface area contributed by atoms with Crippen LogP contribution in [0, 0.1) is 11.8 Å². The lowest BCUT2D eigenvalue weighted by molar-refractivity contribution is 0.0334. The molecule has 0 N–H and O–H groups in total. The highest BCUT2D eigenvalue weighted by atomic mass is 79.9. The Labute approximate surface area is 212 Å². The molecule has 0 bridgehead atoms. The zero-order chi connectivity index (χ0) is 23.9. The predicted octanol–water partition coefficient (Wildman–Crippen LogP) is 6.15. The van der Waals surface area contributed by atoms with E-state index in [0.29, 0.717) is 25.0 Å². The van der Waals surface area contributed by atoms with Crippen LogP contribution in [0.3, 0.4) is 0 Å². The van der Waals surface area contributed by atoms with E-state index in [0.717, 1.165) is 50.3 Å². The fourth-order valence-corrected chi connectivity index (χ4v) is 5.38. The molecule has 2 saturated heterocycles. The number of nitrogens with zero attached hydrogens (tertiary/aromatic N) is 2. The van der Waals surface area contributed by atoms with E-state index in [-0.39, 0.29) is 12.2 Å². The Morgan fingerprint density at radius 3 is 2.59 bits per heavy atom. The fourth-order valence-electron chi connectivity index (χ4n) is 4.97. The van der Waals surface area contributed by atoms with E-state index in [1.807, 2.05) is 29.2 Å². The quantitative estimate of drug-likeness (QED) is 0.391. The van der Waals surface area contributed by atoms with Gasteiger partial charge in [-0.2, -0.15) is 0 Å². The molecule has 0 aromatic heterocycles. The Morgan fingerprint density at radius 1 is 1.09 bits per heavy atom. The molecule has 34 heavy (non-hydrogen) atoms. The van der Waals surface area contributed by atoms with Crippen molar-refractivity contribution in [2.45, 2.75) is 52.2 Å². The van der Waals surface area contributed by atoms with Gasteiger partial charge in [-0.05, 0) is 94.4 Å². The Balaban J connectivity index is 1.21. The molecule has 2 aliphatic rings. The third-order valence-corrected chi connectivity index (χ3v) is 7.63. The van der Waals surface area contributed by atoms with Gasteiger partial charge in [0.2, 0.25) is 0 Å². The van der Waals surface area contributed by atoms with Crippen LogP contribution >= 0.6 is 15.9 Å². The van der Waals surface area contributed by atoms with Crippen molar-refractivity contribution in [3.05, 3.63) is 64.1 Å². The first kappa shape index (κ1) is 25.1. The van der Waals surface area contributed by atoms with E-state index in [9.17, 15) is 4.79 Å². The Morgan fingerprint density at radius 2 is 1.85 bits per heavy atom. The number of hydrogen-bond donors (Lipinski definition) is 0. The molecule has 2 aliphatic heterocycles. The monoisotopic (exact) mass is 528 g/mol. The van der Waals surface area contributed by atoms with E-state index >= 15 is 0 Å². The Bertz CT molecular complexity index is 929. The second-order valence-corrected chi connectivity index (χ2v) is 10.9. The van der Waals surface area contributed by atoms with Crippen LogP contribution in [0.2, 0.25) is 0 Å². The van der Waals surface area contributed by atoms with Crippen LogP contribution in [0.1, 0.15) is 44.2 Å². The maximum absolute atomic E-state index is 12.2. The van der Waals surface area contributed by atoms with Crippen molar-refractivity contribution >= 4 is 22.0 Å². The standard InChI is InChI=1S/C28H37BrN2O3/c1-21(2)34-26-8-9-27(29)25(17-26)16-22-10-13-30(14-11-22)15-12-24-19-31(28(32)33-20-24)18-23-6-4-3-5-7-23/h3-9,17,21-22,24H,10-16,18-20H2,1-2H3. The molecular formula is C28H37BrN2O3. The SMILES string of the molecule is CC(C)Oc1ccc(Br)c(CC2CCN(CCC3COC(=O)N(Cc4ccccc4)C3)CC2)c1. The van der Waals surface area contributed by atoms with E-state index in [2.05, 4.69) is 58.9 Å². The van der Waals surface area contributed by atoms with Gasteiger partial charge in [0.1, 0.15) is 5.75 Å². The summed E-state index contributed by atoms with van der Waals surface area (Å²) >= 11 is 3.73. The minimum absolute atomic E-state index is 0.185.